The van der Waals surface area contributed by atoms with Crippen molar-refractivity contribution >= 4 is 47.9 Å². The summed E-state index contributed by atoms with van der Waals surface area (Å²) in [5.74, 6) is 0.799. The summed E-state index contributed by atoms with van der Waals surface area (Å²) in [6.07, 6.45) is -2.79. The normalized spacial score (nSPS) is 22.3. The highest BCUT2D eigenvalue weighted by Crippen LogP contribution is 2.48. The third kappa shape index (κ3) is 14.7. The number of hydrogen-bond donors (Lipinski definition) is 0. The van der Waals surface area contributed by atoms with Crippen molar-refractivity contribution in [2.45, 2.75) is 250 Å². The van der Waals surface area contributed by atoms with E-state index in [0.29, 0.717) is 13.0 Å². The molecule has 1 aromatic carbocycles. The average Bonchev–Trinajstić information content (AvgIpc) is 3.07. The Kier molecular flexibility index (Phi) is 18.9. The van der Waals surface area contributed by atoms with Crippen molar-refractivity contribution in [3.8, 4) is 5.75 Å². The van der Waals surface area contributed by atoms with Crippen molar-refractivity contribution in [1.82, 2.24) is 0 Å². The largest absolute Gasteiger partial charge is 0.497 e. The highest BCUT2D eigenvalue weighted by molar-refractivity contribution is 6.76. The fraction of sp³-hybridized carbons (Fsp3) is 0.854. The van der Waals surface area contributed by atoms with Gasteiger partial charge >= 0.3 is 0 Å². The minimum absolute atomic E-state index is 0.0835. The topological polar surface area (TPSA) is 90.9 Å². The number of benzene rings is 1. The van der Waals surface area contributed by atoms with Gasteiger partial charge in [-0.3, -0.25) is 0 Å². The van der Waals surface area contributed by atoms with E-state index in [2.05, 4.69) is 169 Å². The molecule has 1 aliphatic heterocycles. The molecule has 2 rings (SSSR count). The molecule has 1 fully saturated rings. The third-order valence-corrected chi connectivity index (χ3v) is 38.0. The number of methoxy groups -OCH3 is 1. The van der Waals surface area contributed by atoms with E-state index in [1.165, 1.54) is 0 Å². The van der Waals surface area contributed by atoms with E-state index in [1.807, 2.05) is 24.3 Å². The van der Waals surface area contributed by atoms with Gasteiger partial charge in [-0.2, -0.15) is 0 Å². The molecule has 1 heterocycles. The van der Waals surface area contributed by atoms with Crippen molar-refractivity contribution in [2.24, 2.45) is 0 Å². The molecule has 1 aliphatic rings. The van der Waals surface area contributed by atoms with Crippen molar-refractivity contribution in [1.29, 1.82) is 0 Å². The zero-order valence-corrected chi connectivity index (χ0v) is 49.7. The van der Waals surface area contributed by atoms with Crippen LogP contribution in [0.2, 0.25) is 90.7 Å². The number of ether oxygens (including phenoxy) is 3. The van der Waals surface area contributed by atoms with E-state index in [0.717, 1.165) is 17.6 Å². The smallest absolute Gasteiger partial charge is 0.193 e. The van der Waals surface area contributed by atoms with Gasteiger partial charge in [-0.15, -0.1) is 0 Å². The summed E-state index contributed by atoms with van der Waals surface area (Å²) in [6, 6.07) is 7.99. The van der Waals surface area contributed by atoms with Crippen LogP contribution in [-0.2, 0) is 43.0 Å². The minimum Gasteiger partial charge on any atom is -0.497 e. The van der Waals surface area contributed by atoms with Gasteiger partial charge in [0.25, 0.3) is 0 Å². The fourth-order valence-electron chi connectivity index (χ4n) is 6.06. The van der Waals surface area contributed by atoms with Gasteiger partial charge in [0.2, 0.25) is 0 Å². The third-order valence-electron chi connectivity index (χ3n) is 15.6. The molecule has 0 N–H and O–H groups in total. The monoisotopic (exact) mass is 957 g/mol. The quantitative estimate of drug-likeness (QED) is 0.0993. The lowest BCUT2D eigenvalue weighted by Crippen LogP contribution is -2.67. The van der Waals surface area contributed by atoms with Gasteiger partial charge in [0.1, 0.15) is 30.3 Å². The predicted octanol–water partition coefficient (Wildman–Crippen LogP) is 13.5. The van der Waals surface area contributed by atoms with Gasteiger partial charge in [0.15, 0.2) is 41.6 Å². The van der Waals surface area contributed by atoms with Crippen LogP contribution in [0.3, 0.4) is 0 Å². The molecule has 0 bridgehead atoms. The van der Waals surface area contributed by atoms with Gasteiger partial charge in [-0.25, -0.2) is 0 Å². The van der Waals surface area contributed by atoms with Crippen LogP contribution in [0.5, 0.6) is 5.75 Å². The summed E-state index contributed by atoms with van der Waals surface area (Å²) >= 11 is 0. The number of hydrogen-bond acceptors (Lipinski definition) is 9. The van der Waals surface area contributed by atoms with E-state index >= 15 is 0 Å². The van der Waals surface area contributed by atoms with E-state index in [1.54, 1.807) is 7.11 Å². The second-order valence-corrected chi connectivity index (χ2v) is 49.5. The number of rotatable bonds is 19. The summed E-state index contributed by atoms with van der Waals surface area (Å²) in [5, 5.41) is -0.566. The molecule has 0 unspecified atom stereocenters. The highest BCUT2D eigenvalue weighted by Gasteiger charge is 2.57. The van der Waals surface area contributed by atoms with Crippen LogP contribution in [0, 0.1) is 0 Å². The Morgan fingerprint density at radius 3 is 1.45 bits per heavy atom. The van der Waals surface area contributed by atoms with E-state index in [-0.39, 0.29) is 31.8 Å². The molecule has 0 amide bonds. The van der Waals surface area contributed by atoms with Crippen molar-refractivity contribution < 1.29 is 41.1 Å². The lowest BCUT2D eigenvalue weighted by Gasteiger charge is -2.55. The predicted molar refractivity (Wildman–Crippen MR) is 272 cm³/mol. The lowest BCUT2D eigenvalue weighted by molar-refractivity contribution is -0.219. The van der Waals surface area contributed by atoms with Crippen molar-refractivity contribution in [3.63, 3.8) is 0 Å². The maximum atomic E-state index is 13.5. The molecule has 1 aromatic rings. The first-order valence-electron chi connectivity index (χ1n) is 23.2. The second kappa shape index (κ2) is 20.4. The Bertz CT molecular complexity index is 1560. The minimum atomic E-state index is -2.58. The molecule has 0 radical (unpaired) electrons. The molecule has 0 aliphatic carbocycles. The fourth-order valence-corrected chi connectivity index (χ4v) is 12.6. The van der Waals surface area contributed by atoms with Crippen molar-refractivity contribution in [2.75, 3.05) is 13.7 Å². The first-order valence-corrected chi connectivity index (χ1v) is 37.8. The standard InChI is InChI=1S/C48H96O9Si5/c1-44(2,3)58(17,18)53-38-31-37(39(32-49)54-59(19,20)45(4,5)6)52-43(41(38)56-61(23,24)47(10,11)12)42(57-62(25,26)48(13,14)15)40(55-60(21,22)46(7,8)9)34-51-33-35-27-29-36(50-16)30-28-35/h27-30,32,37-43H,31,33-34H2,1-26H3/t37-,38-,39-,40+,41-,42+,43-/m1/s1. The van der Waals surface area contributed by atoms with Gasteiger partial charge < -0.3 is 41.1 Å². The van der Waals surface area contributed by atoms with E-state index < -0.39 is 84.3 Å². The molecule has 7 atom stereocenters. The molecular weight excluding hydrogens is 861 g/mol. The van der Waals surface area contributed by atoms with Crippen LogP contribution in [0.15, 0.2) is 24.3 Å². The summed E-state index contributed by atoms with van der Waals surface area (Å²) in [5.41, 5.74) is 1.03. The Hall–Kier alpha value is -0.506. The maximum Gasteiger partial charge on any atom is 0.193 e. The average molecular weight is 958 g/mol. The van der Waals surface area contributed by atoms with Crippen LogP contribution in [-0.4, -0.2) is 104 Å². The van der Waals surface area contributed by atoms with E-state index in [4.69, 9.17) is 36.3 Å². The molecule has 0 aromatic heterocycles. The first kappa shape index (κ1) is 57.6. The number of carbonyl (C=O) groups is 1. The molecule has 1 saturated heterocycles. The number of aldehydes is 1. The first-order chi connectivity index (χ1) is 27.5. The van der Waals surface area contributed by atoms with Gasteiger partial charge in [0.05, 0.1) is 44.7 Å². The molecule has 62 heavy (non-hydrogen) atoms. The Balaban J connectivity index is 3.10. The van der Waals surface area contributed by atoms with Crippen LogP contribution < -0.4 is 4.74 Å². The summed E-state index contributed by atoms with van der Waals surface area (Å²) < 4.78 is 57.4. The Labute approximate surface area is 386 Å². The maximum absolute atomic E-state index is 13.5. The van der Waals surface area contributed by atoms with Crippen LogP contribution in [0.4, 0.5) is 0 Å². The van der Waals surface area contributed by atoms with Crippen LogP contribution in [0.1, 0.15) is 116 Å². The number of carbonyl (C=O) groups excluding carboxylic acids is 1. The molecule has 14 heteroatoms. The SMILES string of the molecule is COc1ccc(COC[C@H](O[Si](C)(C)C(C)(C)C)[C@H](O[Si](C)(C)C(C)(C)C)[C@@H]2O[C@@H]([C@@H](C=O)O[Si](C)(C)C(C)(C)C)C[C@@H](O[Si](C)(C)C(C)(C)C)[C@H]2O[Si](C)(C)C(C)(C)C)cc1. The molecular formula is C48H96O9Si5. The lowest BCUT2D eigenvalue weighted by atomic mass is 9.91. The molecule has 0 spiro atoms. The second-order valence-electron chi connectivity index (χ2n) is 25.7. The summed E-state index contributed by atoms with van der Waals surface area (Å²) in [7, 11) is -10.8. The van der Waals surface area contributed by atoms with Gasteiger partial charge in [0, 0.05) is 6.42 Å². The Morgan fingerprint density at radius 2 is 1.03 bits per heavy atom. The zero-order chi connectivity index (χ0) is 48.5. The summed E-state index contributed by atoms with van der Waals surface area (Å²) in [6.45, 7) is 57.3. The molecule has 362 valence electrons. The Morgan fingerprint density at radius 1 is 0.613 bits per heavy atom. The van der Waals surface area contributed by atoms with E-state index in [9.17, 15) is 4.79 Å². The zero-order valence-electron chi connectivity index (χ0n) is 44.7. The van der Waals surface area contributed by atoms with Crippen molar-refractivity contribution in [3.05, 3.63) is 29.8 Å². The summed E-state index contributed by atoms with van der Waals surface area (Å²) in [4.78, 5) is 13.5. The molecule has 9 nitrogen and oxygen atoms in total. The molecule has 0 saturated carbocycles. The van der Waals surface area contributed by atoms with Gasteiger partial charge in [-0.05, 0) is 108 Å². The van der Waals surface area contributed by atoms with Crippen LogP contribution >= 0.6 is 0 Å². The van der Waals surface area contributed by atoms with Gasteiger partial charge in [-0.1, -0.05) is 116 Å². The van der Waals surface area contributed by atoms with Crippen LogP contribution in [0.25, 0.3) is 0 Å². The highest BCUT2D eigenvalue weighted by atomic mass is 28.4.